The Hall–Kier alpha value is -2.46. The molecule has 0 aliphatic carbocycles. The van der Waals surface area contributed by atoms with Gasteiger partial charge >= 0.3 is 0 Å². The van der Waals surface area contributed by atoms with E-state index >= 15 is 0 Å². The molecule has 2 heterocycles. The lowest BCUT2D eigenvalue weighted by Crippen LogP contribution is -2.45. The van der Waals surface area contributed by atoms with Crippen molar-refractivity contribution in [1.82, 2.24) is 5.32 Å². The number of carbonyl (C=O) groups is 2. The summed E-state index contributed by atoms with van der Waals surface area (Å²) in [4.78, 5) is 25.9. The Morgan fingerprint density at radius 3 is 2.84 bits per heavy atom. The standard InChI is InChI=1S/C18H18F2N2O3/c1-2-15(16-4-3-7-25-16)21-18(24)11-8-17(23)22(10-11)12-5-6-13(19)14(20)9-12/h1,5-6,9,11,15-16H,3-4,7-8,10H2,(H,21,24)/t11-,15+,16+/m1/s1. The molecule has 2 amide bonds. The number of nitrogens with one attached hydrogen (secondary N) is 1. The van der Waals surface area contributed by atoms with E-state index in [1.165, 1.54) is 11.0 Å². The topological polar surface area (TPSA) is 58.6 Å². The Labute approximate surface area is 144 Å². The largest absolute Gasteiger partial charge is 0.375 e. The molecule has 7 heteroatoms. The fraction of sp³-hybridized carbons (Fsp3) is 0.444. The minimum atomic E-state index is -1.04. The lowest BCUT2D eigenvalue weighted by atomic mass is 10.0. The Kier molecular flexibility index (Phi) is 5.00. The van der Waals surface area contributed by atoms with Gasteiger partial charge in [-0.1, -0.05) is 5.92 Å². The molecule has 0 spiro atoms. The number of benzene rings is 1. The van der Waals surface area contributed by atoms with Crippen molar-refractivity contribution in [3.63, 3.8) is 0 Å². The van der Waals surface area contributed by atoms with Gasteiger partial charge in [-0.25, -0.2) is 8.78 Å². The van der Waals surface area contributed by atoms with Gasteiger partial charge in [-0.3, -0.25) is 9.59 Å². The van der Waals surface area contributed by atoms with Gasteiger partial charge in [0.1, 0.15) is 6.04 Å². The molecular weight excluding hydrogens is 330 g/mol. The number of halogens is 2. The van der Waals surface area contributed by atoms with Crippen LogP contribution in [0, 0.1) is 29.9 Å². The predicted octanol–water partition coefficient (Wildman–Crippen LogP) is 1.61. The molecule has 1 aromatic rings. The van der Waals surface area contributed by atoms with Gasteiger partial charge < -0.3 is 15.0 Å². The maximum atomic E-state index is 13.4. The van der Waals surface area contributed by atoms with Crippen LogP contribution < -0.4 is 10.2 Å². The molecule has 0 unspecified atom stereocenters. The van der Waals surface area contributed by atoms with E-state index in [-0.39, 0.29) is 36.6 Å². The molecule has 2 aliphatic rings. The maximum Gasteiger partial charge on any atom is 0.227 e. The van der Waals surface area contributed by atoms with Gasteiger partial charge in [0.25, 0.3) is 0 Å². The Morgan fingerprint density at radius 2 is 2.20 bits per heavy atom. The number of hydrogen-bond acceptors (Lipinski definition) is 3. The van der Waals surface area contributed by atoms with Crippen LogP contribution in [0.15, 0.2) is 18.2 Å². The quantitative estimate of drug-likeness (QED) is 0.841. The number of carbonyl (C=O) groups excluding carboxylic acids is 2. The molecule has 3 atom stereocenters. The first-order valence-corrected chi connectivity index (χ1v) is 8.13. The zero-order chi connectivity index (χ0) is 18.0. The van der Waals surface area contributed by atoms with Crippen molar-refractivity contribution >= 4 is 17.5 Å². The van der Waals surface area contributed by atoms with Crippen molar-refractivity contribution < 1.29 is 23.1 Å². The van der Waals surface area contributed by atoms with Crippen molar-refractivity contribution in [2.45, 2.75) is 31.4 Å². The van der Waals surface area contributed by atoms with E-state index in [0.717, 1.165) is 25.0 Å². The molecule has 132 valence electrons. The van der Waals surface area contributed by atoms with Crippen LogP contribution in [0.4, 0.5) is 14.5 Å². The van der Waals surface area contributed by atoms with Crippen LogP contribution >= 0.6 is 0 Å². The fourth-order valence-electron chi connectivity index (χ4n) is 3.16. The second kappa shape index (κ2) is 7.19. The van der Waals surface area contributed by atoms with Gasteiger partial charge in [0, 0.05) is 31.3 Å². The molecule has 1 aromatic carbocycles. The van der Waals surface area contributed by atoms with E-state index in [4.69, 9.17) is 11.2 Å². The molecule has 3 rings (SSSR count). The highest BCUT2D eigenvalue weighted by Crippen LogP contribution is 2.27. The highest BCUT2D eigenvalue weighted by Gasteiger charge is 2.37. The fourth-order valence-corrected chi connectivity index (χ4v) is 3.16. The minimum absolute atomic E-state index is 0.00631. The van der Waals surface area contributed by atoms with Crippen LogP contribution in [-0.2, 0) is 14.3 Å². The van der Waals surface area contributed by atoms with Crippen LogP contribution in [0.3, 0.4) is 0 Å². The van der Waals surface area contributed by atoms with E-state index in [1.54, 1.807) is 0 Å². The Balaban J connectivity index is 1.66. The molecule has 25 heavy (non-hydrogen) atoms. The summed E-state index contributed by atoms with van der Waals surface area (Å²) in [6.45, 7) is 0.711. The monoisotopic (exact) mass is 348 g/mol. The highest BCUT2D eigenvalue weighted by molar-refractivity contribution is 6.00. The van der Waals surface area contributed by atoms with Gasteiger partial charge in [-0.15, -0.1) is 6.42 Å². The average molecular weight is 348 g/mol. The van der Waals surface area contributed by atoms with Crippen LogP contribution in [0.5, 0.6) is 0 Å². The van der Waals surface area contributed by atoms with E-state index in [0.29, 0.717) is 6.61 Å². The third-order valence-corrected chi connectivity index (χ3v) is 4.52. The first-order chi connectivity index (χ1) is 12.0. The van der Waals surface area contributed by atoms with Crippen LogP contribution in [0.25, 0.3) is 0 Å². The Bertz CT molecular complexity index is 726. The van der Waals surface area contributed by atoms with E-state index < -0.39 is 23.6 Å². The summed E-state index contributed by atoms with van der Waals surface area (Å²) in [5, 5.41) is 2.75. The number of amides is 2. The van der Waals surface area contributed by atoms with Crippen LogP contribution in [-0.4, -0.2) is 37.1 Å². The maximum absolute atomic E-state index is 13.4. The predicted molar refractivity (Wildman–Crippen MR) is 86.6 cm³/mol. The van der Waals surface area contributed by atoms with Gasteiger partial charge in [-0.2, -0.15) is 0 Å². The molecular formula is C18H18F2N2O3. The summed E-state index contributed by atoms with van der Waals surface area (Å²) in [5.41, 5.74) is 0.229. The number of nitrogens with zero attached hydrogens (tertiary/aromatic N) is 1. The van der Waals surface area contributed by atoms with Gasteiger partial charge in [-0.05, 0) is 25.0 Å². The van der Waals surface area contributed by atoms with Crippen molar-refractivity contribution in [1.29, 1.82) is 0 Å². The lowest BCUT2D eigenvalue weighted by Gasteiger charge is -2.21. The number of rotatable bonds is 4. The molecule has 2 fully saturated rings. The van der Waals surface area contributed by atoms with E-state index in [2.05, 4.69) is 11.2 Å². The van der Waals surface area contributed by atoms with E-state index in [1.807, 2.05) is 0 Å². The molecule has 0 saturated carbocycles. The molecule has 0 radical (unpaired) electrons. The molecule has 0 aromatic heterocycles. The van der Waals surface area contributed by atoms with Gasteiger partial charge in [0.05, 0.1) is 12.0 Å². The highest BCUT2D eigenvalue weighted by atomic mass is 19.2. The zero-order valence-electron chi connectivity index (χ0n) is 13.5. The summed E-state index contributed by atoms with van der Waals surface area (Å²) < 4.78 is 31.9. The van der Waals surface area contributed by atoms with Crippen molar-refractivity contribution in [3.8, 4) is 12.3 Å². The second-order valence-electron chi connectivity index (χ2n) is 6.21. The summed E-state index contributed by atoms with van der Waals surface area (Å²) in [7, 11) is 0. The smallest absolute Gasteiger partial charge is 0.227 e. The Morgan fingerprint density at radius 1 is 1.40 bits per heavy atom. The number of hydrogen-bond donors (Lipinski definition) is 1. The summed E-state index contributed by atoms with van der Waals surface area (Å²) in [6, 6.07) is 2.68. The summed E-state index contributed by atoms with van der Waals surface area (Å²) in [6.07, 6.45) is 6.93. The average Bonchev–Trinajstić information content (AvgIpc) is 3.25. The first kappa shape index (κ1) is 17.4. The second-order valence-corrected chi connectivity index (χ2v) is 6.21. The molecule has 1 N–H and O–H groups in total. The molecule has 0 bridgehead atoms. The zero-order valence-corrected chi connectivity index (χ0v) is 13.5. The van der Waals surface area contributed by atoms with Crippen molar-refractivity contribution in [2.75, 3.05) is 18.1 Å². The van der Waals surface area contributed by atoms with Crippen LogP contribution in [0.2, 0.25) is 0 Å². The van der Waals surface area contributed by atoms with Crippen molar-refractivity contribution in [3.05, 3.63) is 29.8 Å². The third kappa shape index (κ3) is 3.64. The molecule has 2 saturated heterocycles. The van der Waals surface area contributed by atoms with Crippen molar-refractivity contribution in [2.24, 2.45) is 5.92 Å². The van der Waals surface area contributed by atoms with Gasteiger partial charge in [0.15, 0.2) is 11.6 Å². The normalized spacial score (nSPS) is 24.2. The molecule has 5 nitrogen and oxygen atoms in total. The van der Waals surface area contributed by atoms with E-state index in [9.17, 15) is 18.4 Å². The number of ether oxygens (including phenoxy) is 1. The lowest BCUT2D eigenvalue weighted by molar-refractivity contribution is -0.127. The first-order valence-electron chi connectivity index (χ1n) is 8.13. The molecule has 2 aliphatic heterocycles. The van der Waals surface area contributed by atoms with Crippen LogP contribution in [0.1, 0.15) is 19.3 Å². The third-order valence-electron chi connectivity index (χ3n) is 4.52. The summed E-state index contributed by atoms with van der Waals surface area (Å²) in [5.74, 6) is -0.761. The minimum Gasteiger partial charge on any atom is -0.375 e. The number of anilines is 1. The van der Waals surface area contributed by atoms with Gasteiger partial charge in [0.2, 0.25) is 11.8 Å². The number of terminal acetylenes is 1. The summed E-state index contributed by atoms with van der Waals surface area (Å²) >= 11 is 0. The SMILES string of the molecule is C#C[C@H](NC(=O)[C@@H]1CC(=O)N(c2ccc(F)c(F)c2)C1)[C@@H]1CCCO1.